The number of hydrogen-bond donors (Lipinski definition) is 2. The predicted molar refractivity (Wildman–Crippen MR) is 63.5 cm³/mol. The second-order valence-corrected chi connectivity index (χ2v) is 4.86. The van der Waals surface area contributed by atoms with E-state index in [9.17, 15) is 0 Å². The van der Waals surface area contributed by atoms with Gasteiger partial charge < -0.3 is 11.5 Å². The molecule has 1 aromatic carbocycles. The molecule has 2 heteroatoms. The molecule has 15 heavy (non-hydrogen) atoms. The molecule has 0 bridgehead atoms. The molecule has 0 saturated heterocycles. The van der Waals surface area contributed by atoms with Crippen molar-refractivity contribution in [3.8, 4) is 0 Å². The molecule has 82 valence electrons. The van der Waals surface area contributed by atoms with Crippen LogP contribution in [-0.2, 0) is 6.42 Å². The molecule has 1 fully saturated rings. The summed E-state index contributed by atoms with van der Waals surface area (Å²) in [5.74, 6) is 0. The van der Waals surface area contributed by atoms with Gasteiger partial charge in [0.05, 0.1) is 0 Å². The van der Waals surface area contributed by atoms with Gasteiger partial charge in [-0.1, -0.05) is 30.3 Å². The van der Waals surface area contributed by atoms with Crippen molar-refractivity contribution >= 4 is 0 Å². The standard InChI is InChI=1S/C13H20N2/c14-12-6-8-13(15,9-7-12)10-11-4-2-1-3-5-11/h1-5,12H,6-10,14-15H2. The quantitative estimate of drug-likeness (QED) is 0.772. The molecule has 0 spiro atoms. The fourth-order valence-corrected chi connectivity index (χ4v) is 2.39. The van der Waals surface area contributed by atoms with Crippen LogP contribution >= 0.6 is 0 Å². The maximum absolute atomic E-state index is 6.40. The van der Waals surface area contributed by atoms with E-state index in [1.165, 1.54) is 5.56 Å². The molecule has 0 aromatic heterocycles. The lowest BCUT2D eigenvalue weighted by Crippen LogP contribution is -2.47. The van der Waals surface area contributed by atoms with Gasteiger partial charge in [-0.15, -0.1) is 0 Å². The largest absolute Gasteiger partial charge is 0.328 e. The zero-order valence-electron chi connectivity index (χ0n) is 9.15. The molecule has 0 aliphatic heterocycles. The zero-order valence-corrected chi connectivity index (χ0v) is 9.15. The van der Waals surface area contributed by atoms with Gasteiger partial charge in [0.2, 0.25) is 0 Å². The first-order chi connectivity index (χ1) is 7.18. The SMILES string of the molecule is NC1CCC(N)(Cc2ccccc2)CC1. The Labute approximate surface area is 91.7 Å². The van der Waals surface area contributed by atoms with Gasteiger partial charge in [0.15, 0.2) is 0 Å². The van der Waals surface area contributed by atoms with Gasteiger partial charge in [0, 0.05) is 11.6 Å². The van der Waals surface area contributed by atoms with E-state index in [0.717, 1.165) is 32.1 Å². The second kappa shape index (κ2) is 4.33. The number of hydrogen-bond acceptors (Lipinski definition) is 2. The first-order valence-corrected chi connectivity index (χ1v) is 5.76. The minimum absolute atomic E-state index is 0.0166. The minimum Gasteiger partial charge on any atom is -0.328 e. The van der Waals surface area contributed by atoms with E-state index in [-0.39, 0.29) is 5.54 Å². The monoisotopic (exact) mass is 204 g/mol. The molecule has 2 rings (SSSR count). The van der Waals surface area contributed by atoms with Gasteiger partial charge in [-0.2, -0.15) is 0 Å². The lowest BCUT2D eigenvalue weighted by Gasteiger charge is -2.36. The van der Waals surface area contributed by atoms with Gasteiger partial charge in [0.25, 0.3) is 0 Å². The zero-order chi connectivity index (χ0) is 10.7. The summed E-state index contributed by atoms with van der Waals surface area (Å²) in [6, 6.07) is 10.9. The lowest BCUT2D eigenvalue weighted by molar-refractivity contribution is 0.271. The van der Waals surface area contributed by atoms with E-state index in [2.05, 4.69) is 24.3 Å². The van der Waals surface area contributed by atoms with Crippen molar-refractivity contribution in [1.82, 2.24) is 0 Å². The van der Waals surface area contributed by atoms with Crippen molar-refractivity contribution in [3.63, 3.8) is 0 Å². The Morgan fingerprint density at radius 2 is 1.73 bits per heavy atom. The highest BCUT2D eigenvalue weighted by Gasteiger charge is 2.30. The summed E-state index contributed by atoms with van der Waals surface area (Å²) in [7, 11) is 0. The molecular formula is C13H20N2. The van der Waals surface area contributed by atoms with Gasteiger partial charge in [-0.25, -0.2) is 0 Å². The predicted octanol–water partition coefficient (Wildman–Crippen LogP) is 1.83. The summed E-state index contributed by atoms with van der Waals surface area (Å²) < 4.78 is 0. The average Bonchev–Trinajstić information content (AvgIpc) is 2.24. The first-order valence-electron chi connectivity index (χ1n) is 5.76. The van der Waals surface area contributed by atoms with E-state index in [4.69, 9.17) is 11.5 Å². The third-order valence-corrected chi connectivity index (χ3v) is 3.43. The molecule has 0 heterocycles. The Morgan fingerprint density at radius 3 is 2.33 bits per heavy atom. The second-order valence-electron chi connectivity index (χ2n) is 4.86. The van der Waals surface area contributed by atoms with E-state index >= 15 is 0 Å². The summed E-state index contributed by atoms with van der Waals surface area (Å²) in [5, 5.41) is 0. The van der Waals surface area contributed by atoms with E-state index < -0.39 is 0 Å². The third-order valence-electron chi connectivity index (χ3n) is 3.43. The number of nitrogens with two attached hydrogens (primary N) is 2. The molecule has 1 aromatic rings. The van der Waals surface area contributed by atoms with Crippen LogP contribution in [0.25, 0.3) is 0 Å². The summed E-state index contributed by atoms with van der Waals surface area (Å²) in [6.45, 7) is 0. The maximum Gasteiger partial charge on any atom is 0.0196 e. The highest BCUT2D eigenvalue weighted by molar-refractivity contribution is 5.18. The molecule has 1 aliphatic rings. The van der Waals surface area contributed by atoms with Crippen molar-refractivity contribution in [2.24, 2.45) is 11.5 Å². The highest BCUT2D eigenvalue weighted by atomic mass is 14.8. The van der Waals surface area contributed by atoms with E-state index in [1.54, 1.807) is 0 Å². The molecule has 0 unspecified atom stereocenters. The fraction of sp³-hybridized carbons (Fsp3) is 0.538. The molecule has 0 atom stereocenters. The van der Waals surface area contributed by atoms with Crippen molar-refractivity contribution in [2.75, 3.05) is 0 Å². The van der Waals surface area contributed by atoms with Crippen LogP contribution in [0.15, 0.2) is 30.3 Å². The average molecular weight is 204 g/mol. The van der Waals surface area contributed by atoms with Crippen molar-refractivity contribution in [3.05, 3.63) is 35.9 Å². The van der Waals surface area contributed by atoms with Crippen LogP contribution in [0.1, 0.15) is 31.2 Å². The van der Waals surface area contributed by atoms with Crippen molar-refractivity contribution in [1.29, 1.82) is 0 Å². The summed E-state index contributed by atoms with van der Waals surface area (Å²) >= 11 is 0. The van der Waals surface area contributed by atoms with Crippen LogP contribution in [0, 0.1) is 0 Å². The van der Waals surface area contributed by atoms with Crippen molar-refractivity contribution in [2.45, 2.75) is 43.7 Å². The van der Waals surface area contributed by atoms with Crippen LogP contribution < -0.4 is 11.5 Å². The van der Waals surface area contributed by atoms with Crippen LogP contribution in [0.4, 0.5) is 0 Å². The molecule has 1 saturated carbocycles. The van der Waals surface area contributed by atoms with Gasteiger partial charge >= 0.3 is 0 Å². The lowest BCUT2D eigenvalue weighted by atomic mass is 9.77. The van der Waals surface area contributed by atoms with Crippen molar-refractivity contribution < 1.29 is 0 Å². The fourth-order valence-electron chi connectivity index (χ4n) is 2.39. The third kappa shape index (κ3) is 2.80. The van der Waals surface area contributed by atoms with Crippen LogP contribution in [-0.4, -0.2) is 11.6 Å². The molecule has 0 amide bonds. The van der Waals surface area contributed by atoms with E-state index in [1.807, 2.05) is 6.07 Å². The van der Waals surface area contributed by atoms with Gasteiger partial charge in [-0.05, 0) is 37.7 Å². The first kappa shape index (κ1) is 10.7. The van der Waals surface area contributed by atoms with Gasteiger partial charge in [-0.3, -0.25) is 0 Å². The van der Waals surface area contributed by atoms with Crippen LogP contribution in [0.2, 0.25) is 0 Å². The Bertz CT molecular complexity index is 300. The normalized spacial score (nSPS) is 31.5. The molecule has 1 aliphatic carbocycles. The summed E-state index contributed by atoms with van der Waals surface area (Å²) in [4.78, 5) is 0. The molecule has 4 N–H and O–H groups in total. The van der Waals surface area contributed by atoms with Crippen LogP contribution in [0.5, 0.6) is 0 Å². The minimum atomic E-state index is -0.0166. The molecular weight excluding hydrogens is 184 g/mol. The Kier molecular flexibility index (Phi) is 3.08. The summed E-state index contributed by atoms with van der Waals surface area (Å²) in [6.07, 6.45) is 5.25. The molecule has 2 nitrogen and oxygen atoms in total. The van der Waals surface area contributed by atoms with Gasteiger partial charge in [0.1, 0.15) is 0 Å². The Hall–Kier alpha value is -0.860. The Morgan fingerprint density at radius 1 is 1.13 bits per heavy atom. The van der Waals surface area contributed by atoms with Crippen LogP contribution in [0.3, 0.4) is 0 Å². The topological polar surface area (TPSA) is 52.0 Å². The number of rotatable bonds is 2. The maximum atomic E-state index is 6.40. The molecule has 0 radical (unpaired) electrons. The van der Waals surface area contributed by atoms with E-state index in [0.29, 0.717) is 6.04 Å². The smallest absolute Gasteiger partial charge is 0.0196 e. The summed E-state index contributed by atoms with van der Waals surface area (Å²) in [5.41, 5.74) is 13.6. The number of benzene rings is 1. The Balaban J connectivity index is 1.99. The highest BCUT2D eigenvalue weighted by Crippen LogP contribution is 2.28.